The van der Waals surface area contributed by atoms with Crippen molar-refractivity contribution in [1.29, 1.82) is 0 Å². The Bertz CT molecular complexity index is 459. The van der Waals surface area contributed by atoms with E-state index >= 15 is 0 Å². The highest BCUT2D eigenvalue weighted by atomic mass is 16.4. The van der Waals surface area contributed by atoms with Gasteiger partial charge in [-0.15, -0.1) is 0 Å². The van der Waals surface area contributed by atoms with Crippen molar-refractivity contribution < 1.29 is 19.8 Å². The molecule has 0 saturated carbocycles. The SMILES string of the molecule is Cc1c(N)cccc1C(=O)NCC[C@H](O)C(=O)O. The normalized spacial score (nSPS) is 11.9. The number of hydrogen-bond acceptors (Lipinski definition) is 4. The molecule has 0 aliphatic rings. The Kier molecular flexibility index (Phi) is 4.67. The van der Waals surface area contributed by atoms with E-state index in [1.54, 1.807) is 25.1 Å². The molecule has 1 aromatic rings. The molecule has 0 spiro atoms. The molecule has 6 nitrogen and oxygen atoms in total. The topological polar surface area (TPSA) is 113 Å². The molecular weight excluding hydrogens is 236 g/mol. The fraction of sp³-hybridized carbons (Fsp3) is 0.333. The lowest BCUT2D eigenvalue weighted by atomic mass is 10.1. The lowest BCUT2D eigenvalue weighted by molar-refractivity contribution is -0.146. The van der Waals surface area contributed by atoms with E-state index in [0.717, 1.165) is 0 Å². The van der Waals surface area contributed by atoms with Crippen LogP contribution in [0.15, 0.2) is 18.2 Å². The molecule has 98 valence electrons. The predicted molar refractivity (Wildman–Crippen MR) is 66.2 cm³/mol. The van der Waals surface area contributed by atoms with Gasteiger partial charge in [-0.3, -0.25) is 4.79 Å². The number of aliphatic hydroxyl groups is 1. The van der Waals surface area contributed by atoms with Crippen molar-refractivity contribution in [3.05, 3.63) is 29.3 Å². The molecule has 18 heavy (non-hydrogen) atoms. The van der Waals surface area contributed by atoms with Gasteiger partial charge in [-0.2, -0.15) is 0 Å². The summed E-state index contributed by atoms with van der Waals surface area (Å²) in [7, 11) is 0. The van der Waals surface area contributed by atoms with E-state index in [9.17, 15) is 9.59 Å². The number of amides is 1. The highest BCUT2D eigenvalue weighted by Crippen LogP contribution is 2.15. The number of nitrogens with one attached hydrogen (secondary N) is 1. The second-order valence-electron chi connectivity index (χ2n) is 3.92. The van der Waals surface area contributed by atoms with Crippen LogP contribution in [0.3, 0.4) is 0 Å². The van der Waals surface area contributed by atoms with Gasteiger partial charge < -0.3 is 21.3 Å². The van der Waals surface area contributed by atoms with Crippen molar-refractivity contribution >= 4 is 17.6 Å². The van der Waals surface area contributed by atoms with E-state index in [0.29, 0.717) is 16.8 Å². The summed E-state index contributed by atoms with van der Waals surface area (Å²) < 4.78 is 0. The number of aliphatic hydroxyl groups excluding tert-OH is 1. The van der Waals surface area contributed by atoms with Crippen LogP contribution < -0.4 is 11.1 Å². The van der Waals surface area contributed by atoms with E-state index in [2.05, 4.69) is 5.32 Å². The standard InChI is InChI=1S/C12H16N2O4/c1-7-8(3-2-4-9(7)13)11(16)14-6-5-10(15)12(17)18/h2-4,10,15H,5-6,13H2,1H3,(H,14,16)(H,17,18)/t10-/m0/s1. The van der Waals surface area contributed by atoms with Gasteiger partial charge >= 0.3 is 5.97 Å². The zero-order chi connectivity index (χ0) is 13.7. The van der Waals surface area contributed by atoms with Crippen LogP contribution in [-0.2, 0) is 4.79 Å². The highest BCUT2D eigenvalue weighted by Gasteiger charge is 2.14. The van der Waals surface area contributed by atoms with Gasteiger partial charge in [0, 0.05) is 24.2 Å². The Morgan fingerprint density at radius 2 is 2.11 bits per heavy atom. The van der Waals surface area contributed by atoms with Gasteiger partial charge in [-0.25, -0.2) is 4.79 Å². The molecular formula is C12H16N2O4. The van der Waals surface area contributed by atoms with Crippen molar-refractivity contribution in [1.82, 2.24) is 5.32 Å². The minimum atomic E-state index is -1.47. The molecule has 0 saturated heterocycles. The largest absolute Gasteiger partial charge is 0.479 e. The number of carbonyl (C=O) groups is 2. The number of rotatable bonds is 5. The summed E-state index contributed by atoms with van der Waals surface area (Å²) in [5, 5.41) is 20.0. The van der Waals surface area contributed by atoms with Crippen LogP contribution in [0.5, 0.6) is 0 Å². The van der Waals surface area contributed by atoms with Crippen LogP contribution >= 0.6 is 0 Å². The number of nitrogen functional groups attached to an aromatic ring is 1. The van der Waals surface area contributed by atoms with Crippen LogP contribution in [-0.4, -0.2) is 34.7 Å². The van der Waals surface area contributed by atoms with Crippen LogP contribution in [0.2, 0.25) is 0 Å². The number of carboxylic acid groups (broad SMARTS) is 1. The Morgan fingerprint density at radius 3 is 2.72 bits per heavy atom. The van der Waals surface area contributed by atoms with Gasteiger partial charge in [-0.05, 0) is 24.6 Å². The van der Waals surface area contributed by atoms with Gasteiger partial charge in [0.15, 0.2) is 6.10 Å². The zero-order valence-electron chi connectivity index (χ0n) is 10.0. The molecule has 0 aliphatic heterocycles. The maximum absolute atomic E-state index is 11.8. The van der Waals surface area contributed by atoms with E-state index < -0.39 is 12.1 Å². The molecule has 0 heterocycles. The van der Waals surface area contributed by atoms with Crippen molar-refractivity contribution in [2.45, 2.75) is 19.4 Å². The van der Waals surface area contributed by atoms with Crippen LogP contribution in [0.25, 0.3) is 0 Å². The van der Waals surface area contributed by atoms with Gasteiger partial charge in [-0.1, -0.05) is 6.07 Å². The summed E-state index contributed by atoms with van der Waals surface area (Å²) in [5.41, 5.74) is 7.32. The van der Waals surface area contributed by atoms with Gasteiger partial charge in [0.2, 0.25) is 0 Å². The van der Waals surface area contributed by atoms with Gasteiger partial charge in [0.1, 0.15) is 0 Å². The molecule has 1 rings (SSSR count). The number of carboxylic acids is 1. The quantitative estimate of drug-likeness (QED) is 0.557. The molecule has 0 fully saturated rings. The average Bonchev–Trinajstić information content (AvgIpc) is 2.32. The van der Waals surface area contributed by atoms with Crippen LogP contribution in [0.1, 0.15) is 22.3 Å². The summed E-state index contributed by atoms with van der Waals surface area (Å²) in [5.74, 6) is -1.64. The molecule has 0 unspecified atom stereocenters. The number of anilines is 1. The molecule has 6 heteroatoms. The number of nitrogens with two attached hydrogens (primary N) is 1. The predicted octanol–water partition coefficient (Wildman–Crippen LogP) is 0.143. The van der Waals surface area contributed by atoms with Crippen molar-refractivity contribution in [3.63, 3.8) is 0 Å². The number of hydrogen-bond donors (Lipinski definition) is 4. The van der Waals surface area contributed by atoms with Crippen LogP contribution in [0.4, 0.5) is 5.69 Å². The number of carbonyl (C=O) groups excluding carboxylic acids is 1. The van der Waals surface area contributed by atoms with E-state index in [-0.39, 0.29) is 18.9 Å². The summed E-state index contributed by atoms with van der Waals surface area (Å²) >= 11 is 0. The molecule has 1 amide bonds. The lowest BCUT2D eigenvalue weighted by Crippen LogP contribution is -2.30. The van der Waals surface area contributed by atoms with E-state index in [1.165, 1.54) is 0 Å². The molecule has 0 aliphatic carbocycles. The molecule has 1 aromatic carbocycles. The van der Waals surface area contributed by atoms with Crippen molar-refractivity contribution in [2.75, 3.05) is 12.3 Å². The Balaban J connectivity index is 2.56. The fourth-order valence-corrected chi connectivity index (χ4v) is 1.44. The first kappa shape index (κ1) is 14.0. The summed E-state index contributed by atoms with van der Waals surface area (Å²) in [6.45, 7) is 1.82. The van der Waals surface area contributed by atoms with E-state index in [1.807, 2.05) is 0 Å². The number of aliphatic carboxylic acids is 1. The molecule has 0 aromatic heterocycles. The second kappa shape index (κ2) is 6.02. The Hall–Kier alpha value is -2.08. The molecule has 5 N–H and O–H groups in total. The summed E-state index contributed by atoms with van der Waals surface area (Å²) in [4.78, 5) is 22.1. The minimum Gasteiger partial charge on any atom is -0.479 e. The Labute approximate surface area is 104 Å². The Morgan fingerprint density at radius 1 is 1.44 bits per heavy atom. The fourth-order valence-electron chi connectivity index (χ4n) is 1.44. The van der Waals surface area contributed by atoms with E-state index in [4.69, 9.17) is 15.9 Å². The van der Waals surface area contributed by atoms with Gasteiger partial charge in [0.25, 0.3) is 5.91 Å². The average molecular weight is 252 g/mol. The molecule has 0 bridgehead atoms. The smallest absolute Gasteiger partial charge is 0.332 e. The minimum absolute atomic E-state index is 0.0392. The number of benzene rings is 1. The second-order valence-corrected chi connectivity index (χ2v) is 3.92. The maximum atomic E-state index is 11.8. The van der Waals surface area contributed by atoms with Crippen molar-refractivity contribution in [2.24, 2.45) is 0 Å². The first-order chi connectivity index (χ1) is 8.43. The lowest BCUT2D eigenvalue weighted by Gasteiger charge is -2.10. The molecule has 1 atom stereocenters. The first-order valence-corrected chi connectivity index (χ1v) is 5.47. The van der Waals surface area contributed by atoms with Crippen molar-refractivity contribution in [3.8, 4) is 0 Å². The summed E-state index contributed by atoms with van der Waals surface area (Å²) in [6, 6.07) is 5.00. The third-order valence-electron chi connectivity index (χ3n) is 2.61. The summed E-state index contributed by atoms with van der Waals surface area (Å²) in [6.07, 6.45) is -1.50. The third-order valence-corrected chi connectivity index (χ3v) is 2.61. The molecule has 0 radical (unpaired) electrons. The third kappa shape index (κ3) is 3.46. The van der Waals surface area contributed by atoms with Gasteiger partial charge in [0.05, 0.1) is 0 Å². The maximum Gasteiger partial charge on any atom is 0.332 e. The first-order valence-electron chi connectivity index (χ1n) is 5.47. The zero-order valence-corrected chi connectivity index (χ0v) is 10.0. The highest BCUT2D eigenvalue weighted by molar-refractivity contribution is 5.96. The van der Waals surface area contributed by atoms with Crippen LogP contribution in [0, 0.1) is 6.92 Å². The monoisotopic (exact) mass is 252 g/mol.